The van der Waals surface area contributed by atoms with Gasteiger partial charge < -0.3 is 10.1 Å². The first-order valence-electron chi connectivity index (χ1n) is 11.9. The smallest absolute Gasteiger partial charge is 0.266 e. The Bertz CT molecular complexity index is 1460. The molecular weight excluding hydrogens is 465 g/mol. The molecule has 0 spiro atoms. The quantitative estimate of drug-likeness (QED) is 0.315. The first kappa shape index (κ1) is 24.1. The summed E-state index contributed by atoms with van der Waals surface area (Å²) in [5.74, 6) is -0.881. The molecule has 0 radical (unpaired) electrons. The first-order chi connectivity index (χ1) is 17.3. The summed E-state index contributed by atoms with van der Waals surface area (Å²) in [6.07, 6.45) is 1.89. The summed E-state index contributed by atoms with van der Waals surface area (Å²) in [6, 6.07) is 11.6. The van der Waals surface area contributed by atoms with Crippen molar-refractivity contribution in [2.24, 2.45) is 7.05 Å². The van der Waals surface area contributed by atoms with Crippen molar-refractivity contribution in [3.8, 4) is 11.3 Å². The maximum absolute atomic E-state index is 14.9. The van der Waals surface area contributed by atoms with Crippen LogP contribution in [0, 0.1) is 12.7 Å². The predicted molar refractivity (Wildman–Crippen MR) is 135 cm³/mol. The van der Waals surface area contributed by atoms with Crippen LogP contribution in [0.25, 0.3) is 27.7 Å². The van der Waals surface area contributed by atoms with Crippen molar-refractivity contribution < 1.29 is 17.9 Å². The molecule has 1 atom stereocenters. The number of pyridine rings is 1. The molecule has 0 amide bonds. The van der Waals surface area contributed by atoms with Crippen LogP contribution in [-0.2, 0) is 11.8 Å². The fourth-order valence-corrected chi connectivity index (χ4v) is 4.72. The Kier molecular flexibility index (Phi) is 6.53. The second-order valence-electron chi connectivity index (χ2n) is 9.07. The van der Waals surface area contributed by atoms with Crippen LogP contribution < -0.4 is 5.32 Å². The van der Waals surface area contributed by atoms with Crippen LogP contribution in [-0.4, -0.2) is 28.0 Å². The van der Waals surface area contributed by atoms with Gasteiger partial charge in [0.05, 0.1) is 36.0 Å². The Morgan fingerprint density at radius 3 is 2.58 bits per heavy atom. The molecule has 36 heavy (non-hydrogen) atoms. The van der Waals surface area contributed by atoms with Crippen LogP contribution in [0.2, 0.25) is 0 Å². The number of benzene rings is 2. The lowest BCUT2D eigenvalue weighted by atomic mass is 9.92. The van der Waals surface area contributed by atoms with E-state index in [1.165, 1.54) is 17.7 Å². The molecule has 0 aliphatic carbocycles. The van der Waals surface area contributed by atoms with Crippen molar-refractivity contribution in [1.29, 1.82) is 0 Å². The van der Waals surface area contributed by atoms with Crippen molar-refractivity contribution in [3.63, 3.8) is 0 Å². The van der Waals surface area contributed by atoms with E-state index in [9.17, 15) is 13.2 Å². The van der Waals surface area contributed by atoms with Crippen LogP contribution >= 0.6 is 0 Å². The van der Waals surface area contributed by atoms with Gasteiger partial charge in [-0.15, -0.1) is 0 Å². The third-order valence-electron chi connectivity index (χ3n) is 6.51. The Morgan fingerprint density at radius 1 is 1.08 bits per heavy atom. The van der Waals surface area contributed by atoms with E-state index >= 15 is 0 Å². The zero-order chi connectivity index (χ0) is 25.4. The number of halogens is 3. The third kappa shape index (κ3) is 4.60. The molecular formula is C28H27F3N4O. The average molecular weight is 493 g/mol. The average Bonchev–Trinajstić information content (AvgIpc) is 3.29. The van der Waals surface area contributed by atoms with Crippen LogP contribution in [0.3, 0.4) is 0 Å². The number of ether oxygens (including phenoxy) is 1. The molecule has 8 heteroatoms. The van der Waals surface area contributed by atoms with Crippen LogP contribution in [0.4, 0.5) is 18.9 Å². The summed E-state index contributed by atoms with van der Waals surface area (Å²) in [5.41, 5.74) is 5.93. The van der Waals surface area contributed by atoms with E-state index < -0.39 is 23.8 Å². The molecule has 186 valence electrons. The first-order valence-corrected chi connectivity index (χ1v) is 11.9. The Morgan fingerprint density at radius 2 is 1.89 bits per heavy atom. The van der Waals surface area contributed by atoms with Crippen LogP contribution in [0.5, 0.6) is 0 Å². The topological polar surface area (TPSA) is 52.0 Å². The molecule has 2 aromatic heterocycles. The zero-order valence-corrected chi connectivity index (χ0v) is 20.4. The van der Waals surface area contributed by atoms with Crippen molar-refractivity contribution >= 4 is 22.2 Å². The van der Waals surface area contributed by atoms with Gasteiger partial charge in [-0.3, -0.25) is 9.67 Å². The summed E-state index contributed by atoms with van der Waals surface area (Å²) in [4.78, 5) is 4.76. The van der Waals surface area contributed by atoms with E-state index in [1.54, 1.807) is 11.6 Å². The fourth-order valence-electron chi connectivity index (χ4n) is 4.72. The van der Waals surface area contributed by atoms with E-state index in [0.717, 1.165) is 51.6 Å². The van der Waals surface area contributed by atoms with Gasteiger partial charge in [-0.1, -0.05) is 24.3 Å². The van der Waals surface area contributed by atoms with Gasteiger partial charge in [0, 0.05) is 41.1 Å². The zero-order valence-electron chi connectivity index (χ0n) is 20.4. The van der Waals surface area contributed by atoms with Gasteiger partial charge in [0.1, 0.15) is 5.82 Å². The number of nitrogens with zero attached hydrogens (tertiary/aromatic N) is 3. The normalized spacial score (nSPS) is 14.8. The van der Waals surface area contributed by atoms with Crippen molar-refractivity contribution in [2.75, 3.05) is 18.5 Å². The highest BCUT2D eigenvalue weighted by molar-refractivity contribution is 5.98. The number of nitrogens with one attached hydrogen (secondary N) is 1. The standard InChI is InChI=1S/C28H27F3N4O/c1-16-13-25(33-17(2)19-5-4-6-20(27(19)29)28(30)31)23-14-21(18-8-11-36-12-9-18)22(15-26(23)32-16)24-7-10-35(3)34-24/h4-8,10,13-15,17,28H,9,11-12H2,1-3H3,(H,32,33)/t17-/m1/s1. The number of rotatable bonds is 6. The monoisotopic (exact) mass is 492 g/mol. The minimum Gasteiger partial charge on any atom is -0.378 e. The molecule has 0 unspecified atom stereocenters. The number of alkyl halides is 2. The van der Waals surface area contributed by atoms with Crippen molar-refractivity contribution in [2.45, 2.75) is 32.7 Å². The number of aryl methyl sites for hydroxylation is 2. The lowest BCUT2D eigenvalue weighted by Gasteiger charge is -2.21. The molecule has 5 rings (SSSR count). The van der Waals surface area contributed by atoms with E-state index in [2.05, 4.69) is 22.6 Å². The Labute approximate surface area is 207 Å². The van der Waals surface area contributed by atoms with Gasteiger partial charge in [-0.25, -0.2) is 13.2 Å². The molecule has 1 N–H and O–H groups in total. The van der Waals surface area contributed by atoms with Crippen LogP contribution in [0.15, 0.2) is 54.7 Å². The van der Waals surface area contributed by atoms with Gasteiger partial charge in [-0.05, 0) is 55.7 Å². The molecule has 0 saturated heterocycles. The SMILES string of the molecule is Cc1cc(N[C@H](C)c2cccc(C(F)F)c2F)c2cc(C3=CCOCC3)c(-c3ccn(C)n3)cc2n1. The van der Waals surface area contributed by atoms with Gasteiger partial charge in [0.25, 0.3) is 6.43 Å². The molecule has 1 aliphatic heterocycles. The maximum atomic E-state index is 14.9. The highest BCUT2D eigenvalue weighted by Gasteiger charge is 2.21. The molecule has 0 saturated carbocycles. The molecule has 0 fully saturated rings. The summed E-state index contributed by atoms with van der Waals surface area (Å²) < 4.78 is 48.7. The second-order valence-corrected chi connectivity index (χ2v) is 9.07. The van der Waals surface area contributed by atoms with Crippen molar-refractivity contribution in [3.05, 3.63) is 82.9 Å². The summed E-state index contributed by atoms with van der Waals surface area (Å²) in [5, 5.41) is 8.83. The number of aromatic nitrogens is 3. The highest BCUT2D eigenvalue weighted by Crippen LogP contribution is 2.38. The second kappa shape index (κ2) is 9.78. The summed E-state index contributed by atoms with van der Waals surface area (Å²) in [7, 11) is 1.88. The van der Waals surface area contributed by atoms with Crippen molar-refractivity contribution in [1.82, 2.24) is 14.8 Å². The fraction of sp³-hybridized carbons (Fsp3) is 0.286. The number of anilines is 1. The number of hydrogen-bond donors (Lipinski definition) is 1. The van der Waals surface area contributed by atoms with E-state index in [1.807, 2.05) is 38.4 Å². The highest BCUT2D eigenvalue weighted by atomic mass is 19.3. The number of fused-ring (bicyclic) bond motifs is 1. The molecule has 3 heterocycles. The van der Waals surface area contributed by atoms with Gasteiger partial charge >= 0.3 is 0 Å². The summed E-state index contributed by atoms with van der Waals surface area (Å²) >= 11 is 0. The third-order valence-corrected chi connectivity index (χ3v) is 6.51. The minimum atomic E-state index is -2.87. The maximum Gasteiger partial charge on any atom is 0.266 e. The van der Waals surface area contributed by atoms with Gasteiger partial charge in [0.2, 0.25) is 0 Å². The van der Waals surface area contributed by atoms with E-state index in [4.69, 9.17) is 9.72 Å². The van der Waals surface area contributed by atoms with E-state index in [0.29, 0.717) is 13.2 Å². The lowest BCUT2D eigenvalue weighted by molar-refractivity contribution is 0.146. The Balaban J connectivity index is 1.63. The lowest BCUT2D eigenvalue weighted by Crippen LogP contribution is -2.11. The number of hydrogen-bond acceptors (Lipinski definition) is 4. The van der Waals surface area contributed by atoms with Crippen LogP contribution in [0.1, 0.15) is 48.2 Å². The summed E-state index contributed by atoms with van der Waals surface area (Å²) in [6.45, 7) is 4.84. The molecule has 4 aromatic rings. The van der Waals surface area contributed by atoms with E-state index in [-0.39, 0.29) is 5.56 Å². The molecule has 1 aliphatic rings. The largest absolute Gasteiger partial charge is 0.378 e. The van der Waals surface area contributed by atoms with Gasteiger partial charge in [0.15, 0.2) is 0 Å². The minimum absolute atomic E-state index is 0.188. The molecule has 5 nitrogen and oxygen atoms in total. The predicted octanol–water partition coefficient (Wildman–Crippen LogP) is 7.00. The molecule has 2 aromatic carbocycles. The molecule has 0 bridgehead atoms. The Hall–Kier alpha value is -3.65. The van der Waals surface area contributed by atoms with Gasteiger partial charge in [-0.2, -0.15) is 5.10 Å².